The summed E-state index contributed by atoms with van der Waals surface area (Å²) in [5.74, 6) is -0.669. The molecule has 170 valence electrons. The van der Waals surface area contributed by atoms with Gasteiger partial charge in [-0.1, -0.05) is 0 Å². The van der Waals surface area contributed by atoms with Crippen LogP contribution >= 0.6 is 0 Å². The Morgan fingerprint density at radius 3 is 2.09 bits per heavy atom. The molecule has 0 fully saturated rings. The number of ether oxygens (including phenoxy) is 2. The van der Waals surface area contributed by atoms with Crippen LogP contribution in [0, 0.1) is 0 Å². The maximum Gasteiger partial charge on any atom is 0.416 e. The summed E-state index contributed by atoms with van der Waals surface area (Å²) in [6.45, 7) is 0. The van der Waals surface area contributed by atoms with Gasteiger partial charge in [0, 0.05) is 11.6 Å². The Hall–Kier alpha value is -3.77. The van der Waals surface area contributed by atoms with Gasteiger partial charge < -0.3 is 9.47 Å². The summed E-state index contributed by atoms with van der Waals surface area (Å²) >= 11 is 0. The minimum Gasteiger partial charge on any atom is -0.497 e. The van der Waals surface area contributed by atoms with Crippen molar-refractivity contribution < 1.29 is 40.6 Å². The van der Waals surface area contributed by atoms with E-state index in [0.29, 0.717) is 29.2 Å². The fraction of sp³-hybridized carbons (Fsp3) is 0.211. The summed E-state index contributed by atoms with van der Waals surface area (Å²) in [4.78, 5) is 16.3. The number of methoxy groups -OCH3 is 2. The lowest BCUT2D eigenvalue weighted by molar-refractivity contribution is -0.143. The monoisotopic (exact) mass is 460 g/mol. The van der Waals surface area contributed by atoms with Crippen LogP contribution < -0.4 is 14.8 Å². The summed E-state index contributed by atoms with van der Waals surface area (Å²) < 4.78 is 88.3. The van der Waals surface area contributed by atoms with Gasteiger partial charge in [-0.15, -0.1) is 5.10 Å². The lowest BCUT2D eigenvalue weighted by Crippen LogP contribution is -2.17. The van der Waals surface area contributed by atoms with Gasteiger partial charge in [-0.2, -0.15) is 31.3 Å². The predicted molar refractivity (Wildman–Crippen MR) is 99.3 cm³/mol. The van der Waals surface area contributed by atoms with E-state index in [-0.39, 0.29) is 17.8 Å². The number of benzene rings is 2. The van der Waals surface area contributed by atoms with E-state index in [1.807, 2.05) is 0 Å². The number of hydrogen-bond donors (Lipinski definition) is 2. The van der Waals surface area contributed by atoms with Crippen molar-refractivity contribution in [3.05, 3.63) is 53.1 Å². The highest BCUT2D eigenvalue weighted by molar-refractivity contribution is 6.03. The number of alkyl halides is 6. The number of nitrogens with one attached hydrogen (secondary N) is 2. The zero-order chi connectivity index (χ0) is 23.7. The number of nitrogens with zero attached hydrogens (tertiary/aromatic N) is 2. The Bertz CT molecular complexity index is 1110. The Labute approximate surface area is 176 Å². The standard InChI is InChI=1S/C19H14F6N4O3/c1-31-12-3-4-13(14(8-12)32-2)15-26-17(29-28-15)27-16(30)9-5-10(18(20,21)22)7-11(6-9)19(23,24)25/h3-8H,1-2H3,(H2,26,27,28,29,30). The third-order valence-corrected chi connectivity index (χ3v) is 4.22. The highest BCUT2D eigenvalue weighted by atomic mass is 19.4. The molecule has 3 rings (SSSR count). The van der Waals surface area contributed by atoms with Gasteiger partial charge in [0.05, 0.1) is 30.9 Å². The van der Waals surface area contributed by atoms with Crippen molar-refractivity contribution in [2.75, 3.05) is 19.5 Å². The van der Waals surface area contributed by atoms with E-state index >= 15 is 0 Å². The van der Waals surface area contributed by atoms with Crippen LogP contribution in [0.25, 0.3) is 11.4 Å². The van der Waals surface area contributed by atoms with Crippen LogP contribution in [0.2, 0.25) is 0 Å². The second kappa shape index (κ2) is 8.40. The molecular formula is C19H14F6N4O3. The van der Waals surface area contributed by atoms with Crippen molar-refractivity contribution in [1.29, 1.82) is 0 Å². The fourth-order valence-electron chi connectivity index (χ4n) is 2.69. The molecule has 0 saturated heterocycles. The molecule has 1 aromatic heterocycles. The van der Waals surface area contributed by atoms with Gasteiger partial charge in [0.25, 0.3) is 5.91 Å². The number of rotatable bonds is 5. The molecule has 2 aromatic carbocycles. The molecule has 0 saturated carbocycles. The van der Waals surface area contributed by atoms with Crippen LogP contribution in [0.1, 0.15) is 21.5 Å². The minimum atomic E-state index is -5.08. The number of aromatic amines is 1. The molecule has 1 amide bonds. The van der Waals surface area contributed by atoms with Crippen molar-refractivity contribution in [1.82, 2.24) is 15.2 Å². The van der Waals surface area contributed by atoms with Crippen molar-refractivity contribution >= 4 is 11.9 Å². The van der Waals surface area contributed by atoms with Crippen LogP contribution in [0.3, 0.4) is 0 Å². The van der Waals surface area contributed by atoms with Gasteiger partial charge in [-0.05, 0) is 30.3 Å². The SMILES string of the molecule is COc1ccc(-c2nc(NC(=O)c3cc(C(F)(F)F)cc(C(F)(F)F)c3)n[nH]2)c(OC)c1. The van der Waals surface area contributed by atoms with Crippen molar-refractivity contribution in [2.45, 2.75) is 12.4 Å². The molecule has 1 heterocycles. The number of hydrogen-bond acceptors (Lipinski definition) is 5. The van der Waals surface area contributed by atoms with Crippen molar-refractivity contribution in [2.24, 2.45) is 0 Å². The van der Waals surface area contributed by atoms with Gasteiger partial charge in [0.2, 0.25) is 5.95 Å². The van der Waals surface area contributed by atoms with Crippen molar-refractivity contribution in [3.63, 3.8) is 0 Å². The third-order valence-electron chi connectivity index (χ3n) is 4.22. The number of H-pyrrole nitrogens is 1. The van der Waals surface area contributed by atoms with E-state index in [0.717, 1.165) is 0 Å². The molecule has 0 radical (unpaired) electrons. The van der Waals surface area contributed by atoms with Crippen LogP contribution in [0.15, 0.2) is 36.4 Å². The molecule has 13 heteroatoms. The smallest absolute Gasteiger partial charge is 0.416 e. The molecule has 0 unspecified atom stereocenters. The van der Waals surface area contributed by atoms with Gasteiger partial charge in [0.15, 0.2) is 5.82 Å². The predicted octanol–water partition coefficient (Wildman–Crippen LogP) is 4.78. The Morgan fingerprint density at radius 2 is 1.56 bits per heavy atom. The molecule has 0 aliphatic carbocycles. The first-order valence-electron chi connectivity index (χ1n) is 8.68. The zero-order valence-electron chi connectivity index (χ0n) is 16.4. The van der Waals surface area contributed by atoms with Gasteiger partial charge in [-0.25, -0.2) is 0 Å². The molecule has 2 N–H and O–H groups in total. The summed E-state index contributed by atoms with van der Waals surface area (Å²) in [7, 11) is 2.84. The van der Waals surface area contributed by atoms with E-state index in [2.05, 4.69) is 20.5 Å². The molecule has 0 spiro atoms. The Kier molecular flexibility index (Phi) is 6.01. The molecule has 32 heavy (non-hydrogen) atoms. The maximum absolute atomic E-state index is 13.0. The van der Waals surface area contributed by atoms with E-state index in [1.165, 1.54) is 14.2 Å². The van der Waals surface area contributed by atoms with Gasteiger partial charge >= 0.3 is 12.4 Å². The number of carbonyl (C=O) groups excluding carboxylic acids is 1. The molecule has 0 aliphatic rings. The first-order valence-corrected chi connectivity index (χ1v) is 8.68. The maximum atomic E-state index is 13.0. The largest absolute Gasteiger partial charge is 0.497 e. The number of halogens is 6. The minimum absolute atomic E-state index is 0.0718. The zero-order valence-corrected chi connectivity index (χ0v) is 16.4. The average Bonchev–Trinajstić information content (AvgIpc) is 3.19. The first-order chi connectivity index (χ1) is 14.9. The lowest BCUT2D eigenvalue weighted by atomic mass is 10.0. The summed E-state index contributed by atoms with van der Waals surface area (Å²) in [5, 5.41) is 8.30. The Balaban J connectivity index is 1.90. The van der Waals surface area contributed by atoms with Crippen LogP contribution in [0.5, 0.6) is 11.5 Å². The molecular weight excluding hydrogens is 446 g/mol. The van der Waals surface area contributed by atoms with Crippen LogP contribution in [-0.4, -0.2) is 35.3 Å². The summed E-state index contributed by atoms with van der Waals surface area (Å²) in [5.41, 5.74) is -3.67. The van der Waals surface area contributed by atoms with Gasteiger partial charge in [0.1, 0.15) is 11.5 Å². The molecule has 7 nitrogen and oxygen atoms in total. The lowest BCUT2D eigenvalue weighted by Gasteiger charge is -2.13. The number of carbonyl (C=O) groups is 1. The summed E-state index contributed by atoms with van der Waals surface area (Å²) in [6, 6.07) is 5.27. The topological polar surface area (TPSA) is 89.1 Å². The van der Waals surface area contributed by atoms with E-state index in [4.69, 9.17) is 9.47 Å². The normalized spacial score (nSPS) is 11.9. The average molecular weight is 460 g/mol. The fourth-order valence-corrected chi connectivity index (χ4v) is 2.69. The highest BCUT2D eigenvalue weighted by Gasteiger charge is 2.37. The van der Waals surface area contributed by atoms with E-state index < -0.39 is 35.0 Å². The molecule has 0 bridgehead atoms. The van der Waals surface area contributed by atoms with E-state index in [9.17, 15) is 31.1 Å². The highest BCUT2D eigenvalue weighted by Crippen LogP contribution is 2.36. The second-order valence-electron chi connectivity index (χ2n) is 6.32. The number of aromatic nitrogens is 3. The number of anilines is 1. The second-order valence-corrected chi connectivity index (χ2v) is 6.32. The van der Waals surface area contributed by atoms with E-state index in [1.54, 1.807) is 18.2 Å². The van der Waals surface area contributed by atoms with Crippen molar-refractivity contribution in [3.8, 4) is 22.9 Å². The summed E-state index contributed by atoms with van der Waals surface area (Å²) in [6.07, 6.45) is -10.2. The van der Waals surface area contributed by atoms with Crippen LogP contribution in [-0.2, 0) is 12.4 Å². The number of amides is 1. The Morgan fingerprint density at radius 1 is 0.938 bits per heavy atom. The molecule has 0 aliphatic heterocycles. The molecule has 3 aromatic rings. The third kappa shape index (κ3) is 4.92. The molecule has 0 atom stereocenters. The van der Waals surface area contributed by atoms with Crippen LogP contribution in [0.4, 0.5) is 32.3 Å². The quantitative estimate of drug-likeness (QED) is 0.535. The first kappa shape index (κ1) is 22.9. The van der Waals surface area contributed by atoms with Gasteiger partial charge in [-0.3, -0.25) is 15.2 Å².